The van der Waals surface area contributed by atoms with Crippen LogP contribution in [0.4, 0.5) is 5.69 Å². The fourth-order valence-electron chi connectivity index (χ4n) is 3.81. The number of benzene rings is 2. The number of primary amides is 1. The Morgan fingerprint density at radius 2 is 1.77 bits per heavy atom. The molecule has 1 unspecified atom stereocenters. The van der Waals surface area contributed by atoms with Gasteiger partial charge >= 0.3 is 0 Å². The first-order valence-electron chi connectivity index (χ1n) is 10.2. The summed E-state index contributed by atoms with van der Waals surface area (Å²) in [6.45, 7) is 2.18. The number of anilines is 1. The minimum atomic E-state index is -0.510. The van der Waals surface area contributed by atoms with Crippen molar-refractivity contribution in [3.63, 3.8) is 0 Å². The molecule has 4 N–H and O–H groups in total. The number of amides is 4. The van der Waals surface area contributed by atoms with Crippen molar-refractivity contribution >= 4 is 29.3 Å². The van der Waals surface area contributed by atoms with E-state index in [-0.39, 0.29) is 42.8 Å². The summed E-state index contributed by atoms with van der Waals surface area (Å²) in [6.07, 6.45) is 0.860. The minimum Gasteiger partial charge on any atom is -0.370 e. The van der Waals surface area contributed by atoms with Crippen molar-refractivity contribution in [3.05, 3.63) is 65.2 Å². The number of nitrogens with two attached hydrogens (primary N) is 1. The van der Waals surface area contributed by atoms with E-state index < -0.39 is 11.8 Å². The molecule has 1 atom stereocenters. The molecule has 0 saturated heterocycles. The van der Waals surface area contributed by atoms with E-state index in [9.17, 15) is 19.2 Å². The Balaban J connectivity index is 1.74. The third-order valence-electron chi connectivity index (χ3n) is 5.30. The van der Waals surface area contributed by atoms with Crippen LogP contribution in [0.25, 0.3) is 0 Å². The highest BCUT2D eigenvalue weighted by Gasteiger charge is 2.30. The maximum atomic E-state index is 12.9. The second kappa shape index (κ2) is 9.88. The largest absolute Gasteiger partial charge is 0.370 e. The summed E-state index contributed by atoms with van der Waals surface area (Å²) in [6, 6.07) is 14.1. The smallest absolute Gasteiger partial charge is 0.253 e. The first-order chi connectivity index (χ1) is 14.9. The molecule has 0 radical (unpaired) electrons. The highest BCUT2D eigenvalue weighted by atomic mass is 16.2. The third-order valence-corrected chi connectivity index (χ3v) is 5.30. The second-order valence-corrected chi connectivity index (χ2v) is 7.45. The van der Waals surface area contributed by atoms with E-state index >= 15 is 0 Å². The van der Waals surface area contributed by atoms with Crippen LogP contribution in [0, 0.1) is 0 Å². The number of nitrogens with one attached hydrogen (secondary N) is 2. The van der Waals surface area contributed by atoms with Gasteiger partial charge in [0.05, 0.1) is 23.7 Å². The minimum absolute atomic E-state index is 0.0300. The van der Waals surface area contributed by atoms with E-state index in [2.05, 4.69) is 10.6 Å². The van der Waals surface area contributed by atoms with Gasteiger partial charge in [-0.1, -0.05) is 36.4 Å². The van der Waals surface area contributed by atoms with E-state index in [0.717, 1.165) is 17.5 Å². The Labute approximate surface area is 180 Å². The fourth-order valence-corrected chi connectivity index (χ4v) is 3.81. The molecule has 2 aromatic carbocycles. The molecule has 31 heavy (non-hydrogen) atoms. The van der Waals surface area contributed by atoms with Crippen LogP contribution in [-0.2, 0) is 20.8 Å². The highest BCUT2D eigenvalue weighted by molar-refractivity contribution is 6.04. The maximum Gasteiger partial charge on any atom is 0.253 e. The molecule has 0 bridgehead atoms. The number of hydrogen-bond acceptors (Lipinski definition) is 4. The van der Waals surface area contributed by atoms with Crippen molar-refractivity contribution in [1.82, 2.24) is 10.2 Å². The number of hydrogen-bond donors (Lipinski definition) is 3. The van der Waals surface area contributed by atoms with Crippen LogP contribution in [0.3, 0.4) is 0 Å². The lowest BCUT2D eigenvalue weighted by atomic mass is 9.90. The van der Waals surface area contributed by atoms with E-state index in [1.54, 1.807) is 29.2 Å². The number of nitrogens with zero attached hydrogens (tertiary/aromatic N) is 1. The van der Waals surface area contributed by atoms with Crippen LogP contribution >= 0.6 is 0 Å². The molecule has 0 spiro atoms. The lowest BCUT2D eigenvalue weighted by Gasteiger charge is -2.36. The van der Waals surface area contributed by atoms with Gasteiger partial charge in [-0.2, -0.15) is 0 Å². The lowest BCUT2D eigenvalue weighted by molar-refractivity contribution is -0.132. The number of carbonyl (C=O) groups is 4. The van der Waals surface area contributed by atoms with Crippen LogP contribution in [0.5, 0.6) is 0 Å². The molecule has 0 aromatic heterocycles. The summed E-state index contributed by atoms with van der Waals surface area (Å²) >= 11 is 0. The average Bonchev–Trinajstić information content (AvgIpc) is 2.73. The van der Waals surface area contributed by atoms with Crippen LogP contribution in [0.1, 0.15) is 47.3 Å². The molecule has 162 valence electrons. The van der Waals surface area contributed by atoms with Gasteiger partial charge in [0.1, 0.15) is 0 Å². The van der Waals surface area contributed by atoms with Gasteiger partial charge < -0.3 is 21.3 Å². The number of fused-ring (bicyclic) bond motifs is 1. The molecular weight excluding hydrogens is 396 g/mol. The molecule has 0 fully saturated rings. The van der Waals surface area contributed by atoms with E-state index in [1.165, 1.54) is 6.92 Å². The highest BCUT2D eigenvalue weighted by Crippen LogP contribution is 2.32. The SMILES string of the molecule is CC(=O)N1CCc2ccccc2C1CC(=O)Nc1ccccc1C(=O)NCCC(N)=O. The van der Waals surface area contributed by atoms with E-state index in [1.807, 2.05) is 24.3 Å². The van der Waals surface area contributed by atoms with Crippen LogP contribution in [0.15, 0.2) is 48.5 Å². The molecule has 3 rings (SSSR count). The van der Waals surface area contributed by atoms with Gasteiger partial charge in [0, 0.05) is 26.4 Å². The van der Waals surface area contributed by atoms with E-state index in [4.69, 9.17) is 5.73 Å². The summed E-state index contributed by atoms with van der Waals surface area (Å²) in [5.74, 6) is -1.30. The molecule has 8 nitrogen and oxygen atoms in total. The predicted molar refractivity (Wildman–Crippen MR) is 116 cm³/mol. The van der Waals surface area contributed by atoms with Gasteiger partial charge in [-0.25, -0.2) is 0 Å². The molecule has 1 aliphatic rings. The van der Waals surface area contributed by atoms with Gasteiger partial charge in [-0.05, 0) is 29.7 Å². The summed E-state index contributed by atoms with van der Waals surface area (Å²) in [4.78, 5) is 50.1. The van der Waals surface area contributed by atoms with Crippen molar-refractivity contribution in [2.24, 2.45) is 5.73 Å². The second-order valence-electron chi connectivity index (χ2n) is 7.45. The summed E-state index contributed by atoms with van der Waals surface area (Å²) in [7, 11) is 0. The Morgan fingerprint density at radius 1 is 1.06 bits per heavy atom. The van der Waals surface area contributed by atoms with Crippen molar-refractivity contribution in [1.29, 1.82) is 0 Å². The first kappa shape index (κ1) is 22.0. The lowest BCUT2D eigenvalue weighted by Crippen LogP contribution is -2.40. The predicted octanol–water partition coefficient (Wildman–Crippen LogP) is 1.77. The van der Waals surface area contributed by atoms with Gasteiger partial charge in [0.25, 0.3) is 5.91 Å². The standard InChI is InChI=1S/C23H26N4O4/c1-15(28)27-13-11-16-6-2-3-7-17(16)20(27)14-22(30)26-19-9-5-4-8-18(19)23(31)25-12-10-21(24)29/h2-9,20H,10-14H2,1H3,(H2,24,29)(H,25,31)(H,26,30). The zero-order chi connectivity index (χ0) is 22.4. The van der Waals surface area contributed by atoms with Crippen molar-refractivity contribution in [2.75, 3.05) is 18.4 Å². The zero-order valence-corrected chi connectivity index (χ0v) is 17.4. The third kappa shape index (κ3) is 5.48. The van der Waals surface area contributed by atoms with Gasteiger partial charge in [-0.3, -0.25) is 19.2 Å². The molecular formula is C23H26N4O4. The molecule has 1 heterocycles. The molecule has 1 aliphatic heterocycles. The maximum absolute atomic E-state index is 12.9. The van der Waals surface area contributed by atoms with Crippen LogP contribution in [-0.4, -0.2) is 41.6 Å². The average molecular weight is 422 g/mol. The Kier molecular flexibility index (Phi) is 7.02. The van der Waals surface area contributed by atoms with Crippen molar-refractivity contribution in [2.45, 2.75) is 32.2 Å². The number of rotatable bonds is 7. The molecule has 0 saturated carbocycles. The van der Waals surface area contributed by atoms with E-state index in [0.29, 0.717) is 12.2 Å². The Bertz CT molecular complexity index is 1000. The molecule has 0 aliphatic carbocycles. The van der Waals surface area contributed by atoms with Gasteiger partial charge in [0.15, 0.2) is 0 Å². The summed E-state index contributed by atoms with van der Waals surface area (Å²) < 4.78 is 0. The zero-order valence-electron chi connectivity index (χ0n) is 17.4. The molecule has 2 aromatic rings. The first-order valence-corrected chi connectivity index (χ1v) is 10.2. The topological polar surface area (TPSA) is 122 Å². The van der Waals surface area contributed by atoms with Crippen LogP contribution in [0.2, 0.25) is 0 Å². The molecule has 4 amide bonds. The Hall–Kier alpha value is -3.68. The Morgan fingerprint density at radius 3 is 2.52 bits per heavy atom. The number of carbonyl (C=O) groups excluding carboxylic acids is 4. The van der Waals surface area contributed by atoms with Crippen molar-refractivity contribution < 1.29 is 19.2 Å². The molecule has 8 heteroatoms. The van der Waals surface area contributed by atoms with Gasteiger partial charge in [-0.15, -0.1) is 0 Å². The normalized spacial score (nSPS) is 15.0. The summed E-state index contributed by atoms with van der Waals surface area (Å²) in [5.41, 5.74) is 7.84. The van der Waals surface area contributed by atoms with Crippen LogP contribution < -0.4 is 16.4 Å². The van der Waals surface area contributed by atoms with Gasteiger partial charge in [0.2, 0.25) is 17.7 Å². The monoisotopic (exact) mass is 422 g/mol. The summed E-state index contributed by atoms with van der Waals surface area (Å²) in [5, 5.41) is 5.42. The fraction of sp³-hybridized carbons (Fsp3) is 0.304. The number of para-hydroxylation sites is 1. The quantitative estimate of drug-likeness (QED) is 0.629. The van der Waals surface area contributed by atoms with Crippen molar-refractivity contribution in [3.8, 4) is 0 Å².